The van der Waals surface area contributed by atoms with Gasteiger partial charge in [0, 0.05) is 0 Å². The fraction of sp³-hybridized carbons (Fsp3) is 0.0526. The predicted octanol–water partition coefficient (Wildman–Crippen LogP) is 5.23. The fourth-order valence-electron chi connectivity index (χ4n) is 2.16. The Hall–Kier alpha value is -2.83. The molecule has 1 amide bonds. The van der Waals surface area contributed by atoms with E-state index >= 15 is 0 Å². The van der Waals surface area contributed by atoms with Crippen molar-refractivity contribution in [2.75, 3.05) is 12.4 Å². The minimum absolute atomic E-state index is 0.347. The lowest BCUT2D eigenvalue weighted by molar-refractivity contribution is 0.0606. The van der Waals surface area contributed by atoms with Crippen molar-refractivity contribution in [1.82, 2.24) is 0 Å². The molecule has 0 spiro atoms. The van der Waals surface area contributed by atoms with Gasteiger partial charge in [0.05, 0.1) is 22.7 Å². The fourth-order valence-corrected chi connectivity index (χ4v) is 3.15. The summed E-state index contributed by atoms with van der Waals surface area (Å²) in [5.41, 5.74) is 0.491. The molecule has 7 heteroatoms. The highest BCUT2D eigenvalue weighted by Crippen LogP contribution is 2.33. The minimum Gasteiger partial charge on any atom is -0.465 e. The SMILES string of the molecule is COC(=O)c1ccc(C(=O)Nc2ccccc2Oc2ccccc2Cl)s1. The van der Waals surface area contributed by atoms with E-state index in [1.807, 2.05) is 6.07 Å². The lowest BCUT2D eigenvalue weighted by atomic mass is 10.2. The van der Waals surface area contributed by atoms with Crippen LogP contribution in [0, 0.1) is 0 Å². The Labute approximate surface area is 159 Å². The standard InChI is InChI=1S/C19H14ClNO4S/c1-24-19(23)17-11-10-16(26-17)18(22)21-13-7-3-5-9-15(13)25-14-8-4-2-6-12(14)20/h2-11H,1H3,(H,21,22). The number of amides is 1. The van der Waals surface area contributed by atoms with E-state index in [2.05, 4.69) is 10.1 Å². The lowest BCUT2D eigenvalue weighted by Gasteiger charge is -2.12. The summed E-state index contributed by atoms with van der Waals surface area (Å²) in [5, 5.41) is 3.26. The van der Waals surface area contributed by atoms with Crippen LogP contribution in [-0.2, 0) is 4.74 Å². The van der Waals surface area contributed by atoms with Gasteiger partial charge in [0.15, 0.2) is 5.75 Å². The van der Waals surface area contributed by atoms with Crippen molar-refractivity contribution in [1.29, 1.82) is 0 Å². The molecule has 3 rings (SSSR count). The van der Waals surface area contributed by atoms with Crippen LogP contribution < -0.4 is 10.1 Å². The van der Waals surface area contributed by atoms with Crippen LogP contribution in [0.15, 0.2) is 60.7 Å². The number of para-hydroxylation sites is 3. The number of methoxy groups -OCH3 is 1. The maximum absolute atomic E-state index is 12.5. The maximum Gasteiger partial charge on any atom is 0.348 e. The maximum atomic E-state index is 12.5. The van der Waals surface area contributed by atoms with Gasteiger partial charge in [-0.15, -0.1) is 11.3 Å². The summed E-state index contributed by atoms with van der Waals surface area (Å²) in [6, 6.07) is 17.2. The average molecular weight is 388 g/mol. The van der Waals surface area contributed by atoms with Gasteiger partial charge < -0.3 is 14.8 Å². The summed E-state index contributed by atoms with van der Waals surface area (Å²) in [7, 11) is 1.30. The van der Waals surface area contributed by atoms with Gasteiger partial charge in [-0.2, -0.15) is 0 Å². The number of hydrogen-bond acceptors (Lipinski definition) is 5. The number of ether oxygens (including phenoxy) is 2. The van der Waals surface area contributed by atoms with Gasteiger partial charge in [0.2, 0.25) is 0 Å². The molecule has 2 aromatic carbocycles. The highest BCUT2D eigenvalue weighted by Gasteiger charge is 2.16. The molecule has 0 radical (unpaired) electrons. The van der Waals surface area contributed by atoms with Crippen LogP contribution in [0.3, 0.4) is 0 Å². The third kappa shape index (κ3) is 4.04. The molecule has 26 heavy (non-hydrogen) atoms. The van der Waals surface area contributed by atoms with Crippen LogP contribution in [0.4, 0.5) is 5.69 Å². The molecular weight excluding hydrogens is 374 g/mol. The summed E-state index contributed by atoms with van der Waals surface area (Å²) >= 11 is 7.18. The topological polar surface area (TPSA) is 64.6 Å². The zero-order chi connectivity index (χ0) is 18.5. The Morgan fingerprint density at radius 1 is 0.923 bits per heavy atom. The third-order valence-corrected chi connectivity index (χ3v) is 4.78. The van der Waals surface area contributed by atoms with E-state index in [0.29, 0.717) is 32.0 Å². The minimum atomic E-state index is -0.475. The summed E-state index contributed by atoms with van der Waals surface area (Å²) in [5.74, 6) is 0.121. The lowest BCUT2D eigenvalue weighted by Crippen LogP contribution is -2.10. The van der Waals surface area contributed by atoms with Crippen LogP contribution >= 0.6 is 22.9 Å². The second-order valence-corrected chi connectivity index (χ2v) is 6.63. The Morgan fingerprint density at radius 2 is 1.58 bits per heavy atom. The summed E-state index contributed by atoms with van der Waals surface area (Å²) in [6.45, 7) is 0. The molecule has 0 aliphatic heterocycles. The first kappa shape index (κ1) is 18.0. The van der Waals surface area contributed by atoms with Crippen LogP contribution in [0.25, 0.3) is 0 Å². The van der Waals surface area contributed by atoms with Crippen molar-refractivity contribution >= 4 is 40.5 Å². The van der Waals surface area contributed by atoms with E-state index < -0.39 is 5.97 Å². The second kappa shape index (κ2) is 8.03. The molecule has 3 aromatic rings. The molecule has 0 aliphatic rings. The van der Waals surface area contributed by atoms with Crippen molar-refractivity contribution in [3.8, 4) is 11.5 Å². The van der Waals surface area contributed by atoms with Gasteiger partial charge in [-0.05, 0) is 36.4 Å². The number of thiophene rings is 1. The van der Waals surface area contributed by atoms with E-state index in [0.717, 1.165) is 11.3 Å². The van der Waals surface area contributed by atoms with E-state index in [1.54, 1.807) is 54.6 Å². The number of carbonyl (C=O) groups excluding carboxylic acids is 2. The molecule has 0 saturated carbocycles. The molecule has 1 heterocycles. The van der Waals surface area contributed by atoms with Crippen molar-refractivity contribution in [2.24, 2.45) is 0 Å². The number of anilines is 1. The van der Waals surface area contributed by atoms with Crippen LogP contribution in [0.5, 0.6) is 11.5 Å². The quantitative estimate of drug-likeness (QED) is 0.608. The Morgan fingerprint density at radius 3 is 2.31 bits per heavy atom. The van der Waals surface area contributed by atoms with Crippen molar-refractivity contribution in [2.45, 2.75) is 0 Å². The van der Waals surface area contributed by atoms with Crippen molar-refractivity contribution in [3.05, 3.63) is 75.4 Å². The number of halogens is 1. The molecule has 1 N–H and O–H groups in total. The van der Waals surface area contributed by atoms with Crippen molar-refractivity contribution in [3.63, 3.8) is 0 Å². The molecule has 0 saturated heterocycles. The molecule has 0 unspecified atom stereocenters. The number of benzene rings is 2. The first-order valence-corrected chi connectivity index (χ1v) is 8.79. The summed E-state index contributed by atoms with van der Waals surface area (Å²) in [6.07, 6.45) is 0. The predicted molar refractivity (Wildman–Crippen MR) is 102 cm³/mol. The molecule has 132 valence electrons. The van der Waals surface area contributed by atoms with Gasteiger partial charge in [-0.1, -0.05) is 35.9 Å². The smallest absolute Gasteiger partial charge is 0.348 e. The zero-order valence-corrected chi connectivity index (χ0v) is 15.3. The number of carbonyl (C=O) groups is 2. The molecule has 0 fully saturated rings. The molecular formula is C19H14ClNO4S. The molecule has 0 aliphatic carbocycles. The Balaban J connectivity index is 1.80. The summed E-state index contributed by atoms with van der Waals surface area (Å²) < 4.78 is 10.5. The second-order valence-electron chi connectivity index (χ2n) is 5.14. The van der Waals surface area contributed by atoms with E-state index in [4.69, 9.17) is 16.3 Å². The highest BCUT2D eigenvalue weighted by atomic mass is 35.5. The van der Waals surface area contributed by atoms with E-state index in [9.17, 15) is 9.59 Å². The number of esters is 1. The van der Waals surface area contributed by atoms with Gasteiger partial charge in [-0.3, -0.25) is 4.79 Å². The normalized spacial score (nSPS) is 10.2. The summed E-state index contributed by atoms with van der Waals surface area (Å²) in [4.78, 5) is 24.7. The number of rotatable bonds is 5. The Kier molecular flexibility index (Phi) is 5.55. The van der Waals surface area contributed by atoms with Crippen LogP contribution in [-0.4, -0.2) is 19.0 Å². The largest absolute Gasteiger partial charge is 0.465 e. The monoisotopic (exact) mass is 387 g/mol. The first-order valence-electron chi connectivity index (χ1n) is 7.59. The van der Waals surface area contributed by atoms with Gasteiger partial charge in [0.25, 0.3) is 5.91 Å². The van der Waals surface area contributed by atoms with Crippen LogP contribution in [0.2, 0.25) is 5.02 Å². The molecule has 0 atom stereocenters. The van der Waals surface area contributed by atoms with Crippen LogP contribution in [0.1, 0.15) is 19.3 Å². The van der Waals surface area contributed by atoms with Crippen molar-refractivity contribution < 1.29 is 19.1 Å². The first-order chi connectivity index (χ1) is 12.6. The molecule has 1 aromatic heterocycles. The molecule has 0 bridgehead atoms. The molecule has 5 nitrogen and oxygen atoms in total. The zero-order valence-electron chi connectivity index (χ0n) is 13.7. The van der Waals surface area contributed by atoms with E-state index in [1.165, 1.54) is 7.11 Å². The highest BCUT2D eigenvalue weighted by molar-refractivity contribution is 7.16. The van der Waals surface area contributed by atoms with Gasteiger partial charge in [0.1, 0.15) is 10.6 Å². The van der Waals surface area contributed by atoms with Gasteiger partial charge >= 0.3 is 5.97 Å². The third-order valence-electron chi connectivity index (χ3n) is 3.41. The number of hydrogen-bond donors (Lipinski definition) is 1. The van der Waals surface area contributed by atoms with Gasteiger partial charge in [-0.25, -0.2) is 4.79 Å². The number of nitrogens with one attached hydrogen (secondary N) is 1. The average Bonchev–Trinajstić information content (AvgIpc) is 3.15. The Bertz CT molecular complexity index is 954. The van der Waals surface area contributed by atoms with E-state index in [-0.39, 0.29) is 5.91 Å².